The van der Waals surface area contributed by atoms with Gasteiger partial charge in [0.25, 0.3) is 0 Å². The molecule has 1 aliphatic rings. The zero-order chi connectivity index (χ0) is 19.3. The number of hydrogen-bond donors (Lipinski definition) is 1. The van der Waals surface area contributed by atoms with Crippen LogP contribution in [0.25, 0.3) is 0 Å². The van der Waals surface area contributed by atoms with Crippen LogP contribution in [0.2, 0.25) is 0 Å². The molecule has 0 aliphatic carbocycles. The minimum atomic E-state index is 0.0353. The van der Waals surface area contributed by atoms with Crippen LogP contribution in [0.1, 0.15) is 48.8 Å². The van der Waals surface area contributed by atoms with Crippen LogP contribution in [-0.2, 0) is 6.54 Å². The van der Waals surface area contributed by atoms with Crippen molar-refractivity contribution in [3.05, 3.63) is 84.2 Å². The zero-order valence-corrected chi connectivity index (χ0v) is 16.8. The molecular weight excluding hydrogens is 366 g/mol. The molecule has 28 heavy (non-hydrogen) atoms. The Bertz CT molecular complexity index is 909. The Hall–Kier alpha value is -2.73. The number of hydrogen-bond acceptors (Lipinski definition) is 3. The maximum absolute atomic E-state index is 5.72. The van der Waals surface area contributed by atoms with Crippen molar-refractivity contribution in [2.75, 3.05) is 6.54 Å². The van der Waals surface area contributed by atoms with Crippen LogP contribution in [0.3, 0.4) is 0 Å². The molecule has 1 aliphatic heterocycles. The summed E-state index contributed by atoms with van der Waals surface area (Å²) in [6.45, 7) is 3.94. The lowest BCUT2D eigenvalue weighted by molar-refractivity contribution is 0.300. The Balaban J connectivity index is 1.70. The molecule has 0 amide bonds. The van der Waals surface area contributed by atoms with Gasteiger partial charge >= 0.3 is 0 Å². The van der Waals surface area contributed by atoms with Crippen LogP contribution >= 0.6 is 12.2 Å². The lowest BCUT2D eigenvalue weighted by atomic mass is 10.0. The summed E-state index contributed by atoms with van der Waals surface area (Å²) >= 11 is 5.72. The van der Waals surface area contributed by atoms with Crippen molar-refractivity contribution in [1.29, 1.82) is 0 Å². The first kappa shape index (κ1) is 18.6. The summed E-state index contributed by atoms with van der Waals surface area (Å²) in [6.07, 6.45) is 9.96. The molecule has 3 aromatic rings. The van der Waals surface area contributed by atoms with Crippen molar-refractivity contribution < 1.29 is 0 Å². The van der Waals surface area contributed by atoms with Crippen molar-refractivity contribution in [3.63, 3.8) is 0 Å². The van der Waals surface area contributed by atoms with E-state index in [2.05, 4.69) is 62.1 Å². The molecule has 1 fully saturated rings. The largest absolute Gasteiger partial charge is 0.352 e. The van der Waals surface area contributed by atoms with Crippen LogP contribution in [0.4, 0.5) is 0 Å². The predicted molar refractivity (Wildman–Crippen MR) is 115 cm³/mol. The smallest absolute Gasteiger partial charge is 0.170 e. The summed E-state index contributed by atoms with van der Waals surface area (Å²) in [5, 5.41) is 4.34. The first-order valence-corrected chi connectivity index (χ1v) is 10.2. The van der Waals surface area contributed by atoms with Gasteiger partial charge in [0.1, 0.15) is 0 Å². The van der Waals surface area contributed by atoms with Gasteiger partial charge in [-0.25, -0.2) is 0 Å². The second kappa shape index (κ2) is 8.52. The summed E-state index contributed by atoms with van der Waals surface area (Å²) < 4.78 is 2.30. The van der Waals surface area contributed by atoms with E-state index in [4.69, 9.17) is 12.2 Å². The van der Waals surface area contributed by atoms with E-state index in [1.54, 1.807) is 0 Å². The standard InChI is InChI=1S/C22H25N5S/c1-2-3-14-27-21(20(25-22(27)28)18-9-4-5-12-24-18)19-10-7-13-26(19)16-17-8-6-11-23-15-17/h4-13,15,20-21H,2-3,14,16H2,1H3,(H,25,28)/t20-,21-/m0/s1. The molecule has 0 unspecified atom stereocenters. The molecule has 0 bridgehead atoms. The number of unbranched alkanes of at least 4 members (excludes halogenated alkanes) is 1. The number of thiocarbonyl (C=S) groups is 1. The highest BCUT2D eigenvalue weighted by Crippen LogP contribution is 2.39. The summed E-state index contributed by atoms with van der Waals surface area (Å²) in [4.78, 5) is 11.2. The SMILES string of the molecule is CCCCN1C(=S)N[C@@H](c2ccccn2)[C@@H]1c1cccn1Cc1cccnc1. The molecule has 4 rings (SSSR count). The molecule has 0 spiro atoms. The number of nitrogens with one attached hydrogen (secondary N) is 1. The van der Waals surface area contributed by atoms with Gasteiger partial charge in [-0.15, -0.1) is 0 Å². The third kappa shape index (κ3) is 3.78. The van der Waals surface area contributed by atoms with Gasteiger partial charge in [-0.05, 0) is 54.5 Å². The van der Waals surface area contributed by atoms with E-state index in [-0.39, 0.29) is 12.1 Å². The number of aromatic nitrogens is 3. The van der Waals surface area contributed by atoms with Gasteiger partial charge in [0.05, 0.1) is 17.8 Å². The maximum Gasteiger partial charge on any atom is 0.170 e. The second-order valence-electron chi connectivity index (χ2n) is 7.10. The number of nitrogens with zero attached hydrogens (tertiary/aromatic N) is 4. The van der Waals surface area contributed by atoms with Crippen molar-refractivity contribution in [1.82, 2.24) is 24.8 Å². The first-order valence-electron chi connectivity index (χ1n) is 9.80. The summed E-state index contributed by atoms with van der Waals surface area (Å²) in [6, 6.07) is 14.6. The van der Waals surface area contributed by atoms with E-state index in [1.165, 1.54) is 11.3 Å². The van der Waals surface area contributed by atoms with Crippen molar-refractivity contribution in [2.24, 2.45) is 0 Å². The molecule has 1 N–H and O–H groups in total. The Morgan fingerprint density at radius 1 is 1.11 bits per heavy atom. The van der Waals surface area contributed by atoms with Crippen molar-refractivity contribution in [3.8, 4) is 0 Å². The van der Waals surface area contributed by atoms with Gasteiger partial charge in [-0.1, -0.05) is 25.5 Å². The fourth-order valence-corrected chi connectivity index (χ4v) is 4.16. The van der Waals surface area contributed by atoms with E-state index in [0.29, 0.717) is 0 Å². The minimum absolute atomic E-state index is 0.0353. The molecule has 0 radical (unpaired) electrons. The molecule has 5 nitrogen and oxygen atoms in total. The summed E-state index contributed by atoms with van der Waals surface area (Å²) in [5.41, 5.74) is 3.44. The van der Waals surface area contributed by atoms with Gasteiger partial charge in [0.2, 0.25) is 0 Å². The first-order chi connectivity index (χ1) is 13.8. The normalized spacial score (nSPS) is 19.0. The average Bonchev–Trinajstić information content (AvgIpc) is 3.31. The Morgan fingerprint density at radius 2 is 2.04 bits per heavy atom. The van der Waals surface area contributed by atoms with Gasteiger partial charge < -0.3 is 14.8 Å². The third-order valence-corrected chi connectivity index (χ3v) is 5.55. The molecule has 2 atom stereocenters. The Morgan fingerprint density at radius 3 is 2.79 bits per heavy atom. The maximum atomic E-state index is 5.72. The quantitative estimate of drug-likeness (QED) is 0.615. The summed E-state index contributed by atoms with van der Waals surface area (Å²) in [5.74, 6) is 0. The predicted octanol–water partition coefficient (Wildman–Crippen LogP) is 4.10. The Kier molecular flexibility index (Phi) is 5.67. The highest BCUT2D eigenvalue weighted by molar-refractivity contribution is 7.80. The average molecular weight is 392 g/mol. The zero-order valence-electron chi connectivity index (χ0n) is 16.0. The Labute approximate surface area is 171 Å². The highest BCUT2D eigenvalue weighted by Gasteiger charge is 2.40. The van der Waals surface area contributed by atoms with E-state index in [0.717, 1.165) is 36.7 Å². The lowest BCUT2D eigenvalue weighted by Crippen LogP contribution is -2.31. The molecule has 144 valence electrons. The monoisotopic (exact) mass is 391 g/mol. The molecule has 6 heteroatoms. The van der Waals surface area contributed by atoms with Gasteiger partial charge in [0, 0.05) is 43.6 Å². The van der Waals surface area contributed by atoms with Crippen LogP contribution in [-0.4, -0.2) is 31.1 Å². The van der Waals surface area contributed by atoms with Crippen LogP contribution < -0.4 is 5.32 Å². The second-order valence-corrected chi connectivity index (χ2v) is 7.48. The van der Waals surface area contributed by atoms with Gasteiger partial charge in [-0.3, -0.25) is 9.97 Å². The lowest BCUT2D eigenvalue weighted by Gasteiger charge is -2.29. The van der Waals surface area contributed by atoms with Crippen molar-refractivity contribution in [2.45, 2.75) is 38.4 Å². The molecule has 4 heterocycles. The number of pyridine rings is 2. The van der Waals surface area contributed by atoms with Crippen LogP contribution in [0.5, 0.6) is 0 Å². The van der Waals surface area contributed by atoms with Gasteiger partial charge in [0.15, 0.2) is 5.11 Å². The van der Waals surface area contributed by atoms with Gasteiger partial charge in [-0.2, -0.15) is 0 Å². The highest BCUT2D eigenvalue weighted by atomic mass is 32.1. The topological polar surface area (TPSA) is 46.0 Å². The van der Waals surface area contributed by atoms with Crippen molar-refractivity contribution >= 4 is 17.3 Å². The minimum Gasteiger partial charge on any atom is -0.352 e. The van der Waals surface area contributed by atoms with E-state index in [1.807, 2.05) is 36.8 Å². The van der Waals surface area contributed by atoms with E-state index < -0.39 is 0 Å². The van der Waals surface area contributed by atoms with Crippen LogP contribution in [0, 0.1) is 0 Å². The third-order valence-electron chi connectivity index (χ3n) is 5.19. The molecule has 3 aromatic heterocycles. The number of rotatable bonds is 7. The molecule has 0 aromatic carbocycles. The molecule has 1 saturated heterocycles. The fourth-order valence-electron chi connectivity index (χ4n) is 3.82. The molecule has 0 saturated carbocycles. The van der Waals surface area contributed by atoms with E-state index >= 15 is 0 Å². The summed E-state index contributed by atoms with van der Waals surface area (Å²) in [7, 11) is 0. The fraction of sp³-hybridized carbons (Fsp3) is 0.318. The molecular formula is C22H25N5S. The van der Waals surface area contributed by atoms with Crippen LogP contribution in [0.15, 0.2) is 67.3 Å². The van der Waals surface area contributed by atoms with E-state index in [9.17, 15) is 0 Å².